The van der Waals surface area contributed by atoms with Gasteiger partial charge in [0.25, 0.3) is 5.91 Å². The molecule has 0 bridgehead atoms. The third-order valence-corrected chi connectivity index (χ3v) is 6.43. The van der Waals surface area contributed by atoms with Crippen LogP contribution in [0.4, 0.5) is 11.4 Å². The van der Waals surface area contributed by atoms with E-state index in [1.54, 1.807) is 42.5 Å². The molecule has 0 aliphatic carbocycles. The summed E-state index contributed by atoms with van der Waals surface area (Å²) in [5.41, 5.74) is 3.01. The quantitative estimate of drug-likeness (QED) is 0.760. The number of rotatable bonds is 3. The van der Waals surface area contributed by atoms with Gasteiger partial charge in [-0.1, -0.05) is 6.07 Å². The predicted molar refractivity (Wildman–Crippen MR) is 97.6 cm³/mol. The normalized spacial score (nSPS) is 16.2. The molecule has 0 spiro atoms. The molecule has 1 fully saturated rings. The molecule has 1 amide bonds. The Kier molecular flexibility index (Phi) is 3.89. The number of hydrogen-bond acceptors (Lipinski definition) is 6. The van der Waals surface area contributed by atoms with E-state index in [0.29, 0.717) is 35.4 Å². The van der Waals surface area contributed by atoms with E-state index in [4.69, 9.17) is 0 Å². The van der Waals surface area contributed by atoms with Gasteiger partial charge in [-0.25, -0.2) is 8.42 Å². The molecule has 0 atom stereocenters. The van der Waals surface area contributed by atoms with Crippen molar-refractivity contribution in [3.8, 4) is 0 Å². The largest absolute Gasteiger partial charge is 0.322 e. The Morgan fingerprint density at radius 1 is 1.12 bits per heavy atom. The number of benzene rings is 2. The monoisotopic (exact) mass is 374 g/mol. The highest BCUT2D eigenvalue weighted by Crippen LogP contribution is 2.26. The second kappa shape index (κ2) is 6.08. The van der Waals surface area contributed by atoms with E-state index in [1.165, 1.54) is 4.31 Å². The van der Waals surface area contributed by atoms with Crippen LogP contribution in [0.5, 0.6) is 0 Å². The van der Waals surface area contributed by atoms with Gasteiger partial charge in [-0.15, -0.1) is 0 Å². The highest BCUT2D eigenvalue weighted by atomic mass is 32.2. The molecule has 128 valence electrons. The first-order valence-electron chi connectivity index (χ1n) is 7.67. The molecule has 1 aliphatic rings. The fourth-order valence-electron chi connectivity index (χ4n) is 2.79. The maximum absolute atomic E-state index is 12.5. The SMILES string of the molecule is O=C(Nc1cccc(N2CCCS2(=O)=O)c1)c1ccc2nsnc2c1. The van der Waals surface area contributed by atoms with Gasteiger partial charge >= 0.3 is 0 Å². The van der Waals surface area contributed by atoms with Crippen molar-refractivity contribution in [2.24, 2.45) is 0 Å². The van der Waals surface area contributed by atoms with Crippen molar-refractivity contribution in [1.29, 1.82) is 0 Å². The minimum absolute atomic E-state index is 0.158. The zero-order chi connectivity index (χ0) is 17.4. The number of aromatic nitrogens is 2. The van der Waals surface area contributed by atoms with E-state index < -0.39 is 10.0 Å². The van der Waals surface area contributed by atoms with E-state index in [1.807, 2.05) is 0 Å². The lowest BCUT2D eigenvalue weighted by Crippen LogP contribution is -2.25. The predicted octanol–water partition coefficient (Wildman–Crippen LogP) is 2.48. The highest BCUT2D eigenvalue weighted by molar-refractivity contribution is 7.93. The van der Waals surface area contributed by atoms with Crippen LogP contribution in [-0.2, 0) is 10.0 Å². The van der Waals surface area contributed by atoms with E-state index in [0.717, 1.165) is 17.2 Å². The fourth-order valence-corrected chi connectivity index (χ4v) is 4.87. The molecule has 3 aromatic rings. The minimum Gasteiger partial charge on any atom is -0.322 e. The van der Waals surface area contributed by atoms with Gasteiger partial charge in [-0.3, -0.25) is 9.10 Å². The molecule has 2 heterocycles. The number of hydrogen-bond donors (Lipinski definition) is 1. The van der Waals surface area contributed by atoms with Crippen molar-refractivity contribution in [1.82, 2.24) is 8.75 Å². The minimum atomic E-state index is -3.25. The summed E-state index contributed by atoms with van der Waals surface area (Å²) in [4.78, 5) is 12.5. The van der Waals surface area contributed by atoms with Crippen molar-refractivity contribution < 1.29 is 13.2 Å². The zero-order valence-electron chi connectivity index (χ0n) is 13.0. The third-order valence-electron chi connectivity index (χ3n) is 4.01. The van der Waals surface area contributed by atoms with E-state index in [2.05, 4.69) is 14.1 Å². The van der Waals surface area contributed by atoms with Crippen molar-refractivity contribution >= 4 is 50.1 Å². The van der Waals surface area contributed by atoms with Gasteiger partial charge in [0.15, 0.2) is 0 Å². The van der Waals surface area contributed by atoms with Crippen LogP contribution in [0.25, 0.3) is 11.0 Å². The van der Waals surface area contributed by atoms with E-state index in [9.17, 15) is 13.2 Å². The number of anilines is 2. The average Bonchev–Trinajstić information content (AvgIpc) is 3.19. The standard InChI is InChI=1S/C16H14N4O3S2/c21-16(11-5-6-14-15(9-11)19-24-18-14)17-12-3-1-4-13(10-12)20-7-2-8-25(20,22)23/h1,3-6,9-10H,2,7-8H2,(H,17,21). The second-order valence-electron chi connectivity index (χ2n) is 5.71. The lowest BCUT2D eigenvalue weighted by Gasteiger charge is -2.17. The van der Waals surface area contributed by atoms with Crippen molar-refractivity contribution in [3.05, 3.63) is 48.0 Å². The molecule has 0 saturated carbocycles. The number of fused-ring (bicyclic) bond motifs is 1. The number of nitrogens with one attached hydrogen (secondary N) is 1. The summed E-state index contributed by atoms with van der Waals surface area (Å²) < 4.78 is 33.7. The van der Waals surface area contributed by atoms with Gasteiger partial charge in [-0.2, -0.15) is 8.75 Å². The Morgan fingerprint density at radius 3 is 2.76 bits per heavy atom. The van der Waals surface area contributed by atoms with Crippen LogP contribution in [-0.4, -0.2) is 35.4 Å². The fraction of sp³-hybridized carbons (Fsp3) is 0.188. The van der Waals surface area contributed by atoms with Crippen LogP contribution >= 0.6 is 11.7 Å². The first-order valence-corrected chi connectivity index (χ1v) is 10.0. The first kappa shape index (κ1) is 16.0. The summed E-state index contributed by atoms with van der Waals surface area (Å²) in [6.07, 6.45) is 0.612. The van der Waals surface area contributed by atoms with Crippen molar-refractivity contribution in [3.63, 3.8) is 0 Å². The lowest BCUT2D eigenvalue weighted by molar-refractivity contribution is 0.102. The number of sulfonamides is 1. The van der Waals surface area contributed by atoms with E-state index >= 15 is 0 Å². The molecule has 7 nitrogen and oxygen atoms in total. The maximum Gasteiger partial charge on any atom is 0.255 e. The Morgan fingerprint density at radius 2 is 1.96 bits per heavy atom. The van der Waals surface area contributed by atoms with Crippen LogP contribution < -0.4 is 9.62 Å². The van der Waals surface area contributed by atoms with Crippen LogP contribution in [0.15, 0.2) is 42.5 Å². The Balaban J connectivity index is 1.58. The molecule has 9 heteroatoms. The molecule has 0 radical (unpaired) electrons. The number of nitrogens with zero attached hydrogens (tertiary/aromatic N) is 3. The van der Waals surface area contributed by atoms with Crippen molar-refractivity contribution in [2.75, 3.05) is 21.9 Å². The molecule has 0 unspecified atom stereocenters. The zero-order valence-corrected chi connectivity index (χ0v) is 14.7. The molecule has 1 saturated heterocycles. The summed E-state index contributed by atoms with van der Waals surface area (Å²) in [5, 5.41) is 2.80. The average molecular weight is 374 g/mol. The first-order chi connectivity index (χ1) is 12.0. The lowest BCUT2D eigenvalue weighted by atomic mass is 10.2. The number of carbonyl (C=O) groups is 1. The topological polar surface area (TPSA) is 92.3 Å². The van der Waals surface area contributed by atoms with Gasteiger partial charge in [-0.05, 0) is 42.8 Å². The molecular formula is C16H14N4O3S2. The molecular weight excluding hydrogens is 360 g/mol. The second-order valence-corrected chi connectivity index (χ2v) is 8.26. The van der Waals surface area contributed by atoms with Crippen LogP contribution in [0.3, 0.4) is 0 Å². The van der Waals surface area contributed by atoms with Crippen molar-refractivity contribution in [2.45, 2.75) is 6.42 Å². The number of amides is 1. The highest BCUT2D eigenvalue weighted by Gasteiger charge is 2.28. The third kappa shape index (κ3) is 3.08. The Bertz CT molecular complexity index is 1060. The van der Waals surface area contributed by atoms with Gasteiger partial charge in [0.1, 0.15) is 11.0 Å². The molecule has 1 aliphatic heterocycles. The van der Waals surface area contributed by atoms with Crippen LogP contribution in [0.1, 0.15) is 16.8 Å². The van der Waals surface area contributed by atoms with Gasteiger partial charge < -0.3 is 5.32 Å². The summed E-state index contributed by atoms with van der Waals surface area (Å²) in [6.45, 7) is 0.466. The summed E-state index contributed by atoms with van der Waals surface area (Å²) in [7, 11) is -3.25. The van der Waals surface area contributed by atoms with Gasteiger partial charge in [0.2, 0.25) is 10.0 Å². The summed E-state index contributed by atoms with van der Waals surface area (Å²) in [5.74, 6) is -0.123. The van der Waals surface area contributed by atoms with Crippen LogP contribution in [0.2, 0.25) is 0 Å². The molecule has 25 heavy (non-hydrogen) atoms. The number of carbonyl (C=O) groups excluding carboxylic acids is 1. The molecule has 2 aromatic carbocycles. The summed E-state index contributed by atoms with van der Waals surface area (Å²) >= 11 is 1.10. The Labute approximate surface area is 148 Å². The smallest absolute Gasteiger partial charge is 0.255 e. The van der Waals surface area contributed by atoms with Gasteiger partial charge in [0, 0.05) is 17.8 Å². The van der Waals surface area contributed by atoms with Gasteiger partial charge in [0.05, 0.1) is 23.2 Å². The van der Waals surface area contributed by atoms with E-state index in [-0.39, 0.29) is 11.7 Å². The molecule has 1 N–H and O–H groups in total. The maximum atomic E-state index is 12.5. The molecule has 4 rings (SSSR count). The molecule has 1 aromatic heterocycles. The Hall–Kier alpha value is -2.52. The summed E-state index contributed by atoms with van der Waals surface area (Å²) in [6, 6.07) is 12.0. The van der Waals surface area contributed by atoms with Crippen LogP contribution in [0, 0.1) is 0 Å².